The molecule has 0 spiro atoms. The smallest absolute Gasteiger partial charge is 0.410 e. The van der Waals surface area contributed by atoms with Gasteiger partial charge in [0.15, 0.2) is 17.7 Å². The molecule has 1 amide bonds. The van der Waals surface area contributed by atoms with E-state index in [0.29, 0.717) is 51.0 Å². The van der Waals surface area contributed by atoms with Crippen molar-refractivity contribution in [1.29, 1.82) is 0 Å². The van der Waals surface area contributed by atoms with Crippen LogP contribution >= 0.6 is 0 Å². The first-order chi connectivity index (χ1) is 28.9. The average Bonchev–Trinajstić information content (AvgIpc) is 3.89. The van der Waals surface area contributed by atoms with Crippen LogP contribution in [0.4, 0.5) is 10.5 Å². The first-order valence-corrected chi connectivity index (χ1v) is 22.3. The number of rotatable bonds is 12. The molecule has 2 unspecified atom stereocenters. The number of ketones is 1. The van der Waals surface area contributed by atoms with Crippen molar-refractivity contribution in [3.63, 3.8) is 0 Å². The molecule has 3 aliphatic heterocycles. The van der Waals surface area contributed by atoms with E-state index in [1.165, 1.54) is 0 Å². The largest absolute Gasteiger partial charge is 0.458 e. The number of cyclic esters (lactones) is 1. The summed E-state index contributed by atoms with van der Waals surface area (Å²) in [6.45, 7) is 14.7. The van der Waals surface area contributed by atoms with Gasteiger partial charge in [0, 0.05) is 49.5 Å². The topological polar surface area (TPSA) is 193 Å². The predicted octanol–water partition coefficient (Wildman–Crippen LogP) is 4.67. The van der Waals surface area contributed by atoms with Crippen LogP contribution in [-0.4, -0.2) is 142 Å². The zero-order valence-corrected chi connectivity index (χ0v) is 37.9. The van der Waals surface area contributed by atoms with Crippen molar-refractivity contribution in [3.8, 4) is 11.3 Å². The van der Waals surface area contributed by atoms with E-state index in [4.69, 9.17) is 29.4 Å². The van der Waals surface area contributed by atoms with Gasteiger partial charge in [-0.25, -0.2) is 4.79 Å². The number of anilines is 1. The van der Waals surface area contributed by atoms with E-state index in [-0.39, 0.29) is 35.8 Å². The third-order valence-electron chi connectivity index (χ3n) is 13.7. The normalized spacial score (nSPS) is 36.9. The number of fused-ring (bicyclic) bond motifs is 1. The average molecular weight is 854 g/mol. The molecule has 6 rings (SSSR count). The van der Waals surface area contributed by atoms with Gasteiger partial charge in [0.2, 0.25) is 0 Å². The van der Waals surface area contributed by atoms with Gasteiger partial charge in [0.05, 0.1) is 30.0 Å². The quantitative estimate of drug-likeness (QED) is 0.115. The number of ether oxygens (including phenoxy) is 5. The Hall–Kier alpha value is -3.67. The van der Waals surface area contributed by atoms with Crippen molar-refractivity contribution >= 4 is 23.5 Å². The highest BCUT2D eigenvalue weighted by molar-refractivity contribution is 6.00. The van der Waals surface area contributed by atoms with Crippen LogP contribution in [-0.2, 0) is 39.8 Å². The number of esters is 1. The van der Waals surface area contributed by atoms with E-state index in [1.807, 2.05) is 82.1 Å². The second kappa shape index (κ2) is 19.4. The summed E-state index contributed by atoms with van der Waals surface area (Å²) in [5.41, 5.74) is 6.02. The highest BCUT2D eigenvalue weighted by atomic mass is 16.7. The molecule has 1 aromatic heterocycles. The molecule has 16 heteroatoms. The lowest BCUT2D eigenvalue weighted by Crippen LogP contribution is -2.62. The van der Waals surface area contributed by atoms with Crippen LogP contribution in [0, 0.1) is 23.7 Å². The molecule has 0 radical (unpaired) electrons. The van der Waals surface area contributed by atoms with E-state index in [0.717, 1.165) is 30.5 Å². The van der Waals surface area contributed by atoms with E-state index < -0.39 is 65.7 Å². The number of nitrogen functional groups attached to an aromatic ring is 1. The van der Waals surface area contributed by atoms with Crippen molar-refractivity contribution < 1.29 is 43.2 Å². The number of unbranched alkanes of at least 4 members (excludes halogenated alkanes) is 1. The molecule has 0 bridgehead atoms. The second-order valence-corrected chi connectivity index (χ2v) is 18.9. The molecule has 1 aromatic carbocycles. The Bertz CT molecular complexity index is 1830. The first kappa shape index (κ1) is 46.8. The SMILES string of the molecule is CC[C@H]1OC(=O)[C@H](C)C(=O)[C@H](C)[C@@H](O[C@@H]2O[C@H](C)CC(N(C)C)C2O)[C@](C)(OC)C[C@@H](C)CN[C@H](C2CC2)[C@H]2N(CCCCn3cc(-c4cccc(N)c4)nn3)C(=O)O[C@]12C. The van der Waals surface area contributed by atoms with E-state index in [2.05, 4.69) is 22.6 Å². The molecule has 1 saturated carbocycles. The van der Waals surface area contributed by atoms with Crippen molar-refractivity contribution in [2.45, 2.75) is 160 Å². The van der Waals surface area contributed by atoms with Gasteiger partial charge in [-0.05, 0) is 117 Å². The molecule has 4 aliphatic rings. The maximum Gasteiger partial charge on any atom is 0.410 e. The molecule has 2 aromatic rings. The van der Waals surface area contributed by atoms with Gasteiger partial charge in [-0.1, -0.05) is 38.1 Å². The molecule has 13 atom stereocenters. The number of methoxy groups -OCH3 is 1. The summed E-state index contributed by atoms with van der Waals surface area (Å²) in [4.78, 5) is 46.5. The number of Topliss-reactive ketones (excluding diaryl/α,β-unsaturated/α-hetero) is 1. The summed E-state index contributed by atoms with van der Waals surface area (Å²) in [5.74, 6) is -2.83. The van der Waals surface area contributed by atoms with E-state index in [9.17, 15) is 19.5 Å². The molecular formula is C45H71N7O9. The molecule has 4 fully saturated rings. The van der Waals surface area contributed by atoms with Gasteiger partial charge < -0.3 is 44.7 Å². The van der Waals surface area contributed by atoms with Crippen LogP contribution in [0.2, 0.25) is 0 Å². The molecule has 4 heterocycles. The molecular weight excluding hydrogens is 783 g/mol. The Kier molecular flexibility index (Phi) is 14.9. The van der Waals surface area contributed by atoms with Gasteiger partial charge in [0.1, 0.15) is 23.8 Å². The van der Waals surface area contributed by atoms with Gasteiger partial charge in [-0.3, -0.25) is 19.2 Å². The number of aliphatic hydroxyl groups is 1. The van der Waals surface area contributed by atoms with Gasteiger partial charge in [-0.15, -0.1) is 5.10 Å². The van der Waals surface area contributed by atoms with Crippen LogP contribution in [0.5, 0.6) is 0 Å². The predicted molar refractivity (Wildman–Crippen MR) is 229 cm³/mol. The third kappa shape index (κ3) is 10.3. The van der Waals surface area contributed by atoms with Crippen LogP contribution in [0.15, 0.2) is 30.5 Å². The fourth-order valence-corrected chi connectivity index (χ4v) is 10.1. The van der Waals surface area contributed by atoms with Crippen LogP contribution in [0.3, 0.4) is 0 Å². The number of hydrogen-bond acceptors (Lipinski definition) is 14. The zero-order chi connectivity index (χ0) is 44.4. The molecule has 1 aliphatic carbocycles. The zero-order valence-electron chi connectivity index (χ0n) is 37.9. The Morgan fingerprint density at radius 2 is 1.80 bits per heavy atom. The van der Waals surface area contributed by atoms with Crippen LogP contribution in [0.1, 0.15) is 93.4 Å². The number of aryl methyl sites for hydroxylation is 1. The number of carbonyl (C=O) groups is 3. The lowest BCUT2D eigenvalue weighted by Gasteiger charge is -2.46. The van der Waals surface area contributed by atoms with Gasteiger partial charge in [0.25, 0.3) is 0 Å². The number of carbonyl (C=O) groups excluding carboxylic acids is 3. The number of nitrogens with one attached hydrogen (secondary N) is 1. The number of nitrogens with two attached hydrogens (primary N) is 1. The number of aromatic nitrogens is 3. The minimum Gasteiger partial charge on any atom is -0.458 e. The van der Waals surface area contributed by atoms with Crippen molar-refractivity contribution in [3.05, 3.63) is 30.5 Å². The summed E-state index contributed by atoms with van der Waals surface area (Å²) >= 11 is 0. The molecule has 340 valence electrons. The number of benzene rings is 1. The van der Waals surface area contributed by atoms with Gasteiger partial charge >= 0.3 is 12.1 Å². The maximum absolute atomic E-state index is 14.5. The number of nitrogens with zero attached hydrogens (tertiary/aromatic N) is 5. The lowest BCUT2D eigenvalue weighted by molar-refractivity contribution is -0.295. The van der Waals surface area contributed by atoms with Crippen molar-refractivity contribution in [2.75, 3.05) is 40.0 Å². The minimum atomic E-state index is -1.21. The van der Waals surface area contributed by atoms with Gasteiger partial charge in [-0.2, -0.15) is 0 Å². The number of amides is 1. The number of hydrogen-bond donors (Lipinski definition) is 3. The minimum absolute atomic E-state index is 0.00489. The first-order valence-electron chi connectivity index (χ1n) is 22.3. The third-order valence-corrected chi connectivity index (χ3v) is 13.7. The Balaban J connectivity index is 1.26. The summed E-state index contributed by atoms with van der Waals surface area (Å²) in [6.07, 6.45) is 2.33. The highest BCUT2D eigenvalue weighted by Crippen LogP contribution is 2.45. The summed E-state index contributed by atoms with van der Waals surface area (Å²) in [6, 6.07) is 6.67. The fraction of sp³-hybridized carbons (Fsp3) is 0.756. The molecule has 3 saturated heterocycles. The van der Waals surface area contributed by atoms with E-state index >= 15 is 0 Å². The van der Waals surface area contributed by atoms with Crippen molar-refractivity contribution in [1.82, 2.24) is 30.1 Å². The molecule has 61 heavy (non-hydrogen) atoms. The number of aliphatic hydroxyl groups excluding tert-OH is 1. The van der Waals surface area contributed by atoms with Crippen LogP contribution < -0.4 is 11.1 Å². The summed E-state index contributed by atoms with van der Waals surface area (Å²) in [5, 5.41) is 24.0. The number of likely N-dealkylation sites (N-methyl/N-ethyl adjacent to an activating group) is 1. The Labute approximate surface area is 361 Å². The Morgan fingerprint density at radius 1 is 1.08 bits per heavy atom. The highest BCUT2D eigenvalue weighted by Gasteiger charge is 2.61. The van der Waals surface area contributed by atoms with Crippen molar-refractivity contribution in [2.24, 2.45) is 23.7 Å². The fourth-order valence-electron chi connectivity index (χ4n) is 10.1. The molecule has 16 nitrogen and oxygen atoms in total. The van der Waals surface area contributed by atoms with E-state index in [1.54, 1.807) is 25.6 Å². The Morgan fingerprint density at radius 3 is 2.46 bits per heavy atom. The second-order valence-electron chi connectivity index (χ2n) is 18.9. The monoisotopic (exact) mass is 854 g/mol. The summed E-state index contributed by atoms with van der Waals surface area (Å²) < 4.78 is 33.7. The lowest BCUT2D eigenvalue weighted by atomic mass is 9.78. The molecule has 4 N–H and O–H groups in total. The summed E-state index contributed by atoms with van der Waals surface area (Å²) in [7, 11) is 5.43. The van der Waals surface area contributed by atoms with Crippen LogP contribution in [0.25, 0.3) is 11.3 Å². The maximum atomic E-state index is 14.5. The standard InChI is InChI=1S/C45H71N7O9/c1-11-35-45(7)39(52(43(56)61-45)20-13-12-19-51-25-33(48-49-51)31-15-14-16-32(46)22-31)36(30-17-18-30)47-24-26(2)23-44(6,57-10)40(28(4)37(53)29(5)41(55)59-35)60-42-38(54)34(50(8)9)21-27(3)58-42/h14-16,22,25-30,34-36,38-40,42,47,54H,11-13,17-21,23-24,46H2,1-10H3/t26-,27-,28+,29-,34?,35-,36-,38?,39-,40-,42+,44-,45-/m1/s1.